The van der Waals surface area contributed by atoms with Gasteiger partial charge in [-0.15, -0.1) is 0 Å². The van der Waals surface area contributed by atoms with Crippen LogP contribution >= 0.6 is 0 Å². The molecular weight excluding hydrogens is 202 g/mol. The van der Waals surface area contributed by atoms with E-state index in [-0.39, 0.29) is 11.9 Å². The summed E-state index contributed by atoms with van der Waals surface area (Å²) < 4.78 is 4.77. The number of benzene rings is 1. The topological polar surface area (TPSA) is 52.3 Å². The summed E-state index contributed by atoms with van der Waals surface area (Å²) in [7, 11) is 1.40. The van der Waals surface area contributed by atoms with Crippen molar-refractivity contribution < 1.29 is 9.53 Å². The van der Waals surface area contributed by atoms with Gasteiger partial charge < -0.3 is 10.5 Å². The van der Waals surface area contributed by atoms with Crippen LogP contribution in [0, 0.1) is 13.8 Å². The van der Waals surface area contributed by atoms with E-state index in [0.29, 0.717) is 12.1 Å². The summed E-state index contributed by atoms with van der Waals surface area (Å²) in [5.74, 6) is -0.0330. The van der Waals surface area contributed by atoms with E-state index in [0.717, 1.165) is 16.7 Å². The molecule has 2 N–H and O–H groups in total. The molecule has 0 bridgehead atoms. The van der Waals surface area contributed by atoms with Crippen LogP contribution in [-0.4, -0.2) is 19.6 Å². The molecule has 0 aliphatic rings. The zero-order valence-electron chi connectivity index (χ0n) is 10.3. The molecule has 0 saturated carbocycles. The van der Waals surface area contributed by atoms with Crippen LogP contribution in [0.4, 0.5) is 0 Å². The lowest BCUT2D eigenvalue weighted by Crippen LogP contribution is -2.12. The Morgan fingerprint density at radius 2 is 2.06 bits per heavy atom. The fourth-order valence-corrected chi connectivity index (χ4v) is 1.63. The van der Waals surface area contributed by atoms with Gasteiger partial charge in [-0.2, -0.15) is 0 Å². The summed E-state index contributed by atoms with van der Waals surface area (Å²) >= 11 is 0. The van der Waals surface area contributed by atoms with E-state index in [4.69, 9.17) is 10.5 Å². The van der Waals surface area contributed by atoms with Crippen LogP contribution in [-0.2, 0) is 4.74 Å². The van der Waals surface area contributed by atoms with E-state index in [1.54, 1.807) is 0 Å². The highest BCUT2D eigenvalue weighted by Gasteiger charge is 2.14. The molecule has 1 aromatic carbocycles. The molecule has 16 heavy (non-hydrogen) atoms. The van der Waals surface area contributed by atoms with Crippen LogP contribution in [0.1, 0.15) is 39.9 Å². The first-order chi connectivity index (χ1) is 7.51. The Morgan fingerprint density at radius 1 is 1.44 bits per heavy atom. The lowest BCUT2D eigenvalue weighted by atomic mass is 9.93. The van der Waals surface area contributed by atoms with Crippen LogP contribution in [0.3, 0.4) is 0 Å². The third-order valence-corrected chi connectivity index (χ3v) is 3.02. The third-order valence-electron chi connectivity index (χ3n) is 3.02. The Hall–Kier alpha value is -1.35. The number of aryl methyl sites for hydroxylation is 1. The van der Waals surface area contributed by atoms with Gasteiger partial charge in [0, 0.05) is 0 Å². The summed E-state index contributed by atoms with van der Waals surface area (Å²) in [4.78, 5) is 11.6. The molecule has 0 radical (unpaired) electrons. The second kappa shape index (κ2) is 5.12. The average molecular weight is 221 g/mol. The van der Waals surface area contributed by atoms with Gasteiger partial charge in [0.1, 0.15) is 0 Å². The van der Waals surface area contributed by atoms with Crippen molar-refractivity contribution in [1.82, 2.24) is 0 Å². The quantitative estimate of drug-likeness (QED) is 0.796. The molecule has 1 aromatic rings. The van der Waals surface area contributed by atoms with Crippen molar-refractivity contribution in [2.75, 3.05) is 13.7 Å². The molecule has 1 unspecified atom stereocenters. The summed E-state index contributed by atoms with van der Waals surface area (Å²) in [5.41, 5.74) is 9.43. The van der Waals surface area contributed by atoms with Gasteiger partial charge in [-0.05, 0) is 49.1 Å². The zero-order chi connectivity index (χ0) is 12.3. The van der Waals surface area contributed by atoms with E-state index >= 15 is 0 Å². The Labute approximate surface area is 96.6 Å². The minimum Gasteiger partial charge on any atom is -0.465 e. The Morgan fingerprint density at radius 3 is 2.56 bits per heavy atom. The molecule has 0 aliphatic carbocycles. The molecule has 3 heteroatoms. The summed E-state index contributed by atoms with van der Waals surface area (Å²) in [6.45, 7) is 6.54. The summed E-state index contributed by atoms with van der Waals surface area (Å²) in [6, 6.07) is 3.96. The van der Waals surface area contributed by atoms with Crippen molar-refractivity contribution >= 4 is 5.97 Å². The van der Waals surface area contributed by atoms with Crippen molar-refractivity contribution in [2.24, 2.45) is 5.73 Å². The van der Waals surface area contributed by atoms with Crippen molar-refractivity contribution in [1.29, 1.82) is 0 Å². The Kier molecular flexibility index (Phi) is 4.07. The summed E-state index contributed by atoms with van der Waals surface area (Å²) in [5, 5.41) is 0. The van der Waals surface area contributed by atoms with Gasteiger partial charge in [0.2, 0.25) is 0 Å². The van der Waals surface area contributed by atoms with Gasteiger partial charge in [-0.25, -0.2) is 4.79 Å². The van der Waals surface area contributed by atoms with Crippen molar-refractivity contribution in [3.05, 3.63) is 34.4 Å². The number of methoxy groups -OCH3 is 1. The summed E-state index contributed by atoms with van der Waals surface area (Å²) in [6.07, 6.45) is 0. The largest absolute Gasteiger partial charge is 0.465 e. The Balaban J connectivity index is 3.27. The minimum absolute atomic E-state index is 0.253. The van der Waals surface area contributed by atoms with Crippen LogP contribution in [0.2, 0.25) is 0 Å². The van der Waals surface area contributed by atoms with Gasteiger partial charge >= 0.3 is 5.97 Å². The number of carbonyl (C=O) groups is 1. The molecule has 0 aliphatic heterocycles. The van der Waals surface area contributed by atoms with E-state index in [1.165, 1.54) is 7.11 Å². The number of ether oxygens (including phenoxy) is 1. The van der Waals surface area contributed by atoms with E-state index in [2.05, 4.69) is 6.07 Å². The first kappa shape index (κ1) is 12.7. The number of nitrogens with two attached hydrogens (primary N) is 1. The van der Waals surface area contributed by atoms with Gasteiger partial charge in [-0.3, -0.25) is 0 Å². The Bertz CT molecular complexity index is 399. The molecular formula is C13H19NO2. The normalized spacial score (nSPS) is 12.3. The molecule has 0 amide bonds. The van der Waals surface area contributed by atoms with Crippen LogP contribution in [0.5, 0.6) is 0 Å². The van der Waals surface area contributed by atoms with Gasteiger partial charge in [-0.1, -0.05) is 13.0 Å². The molecule has 0 spiro atoms. The van der Waals surface area contributed by atoms with Crippen LogP contribution in [0.25, 0.3) is 0 Å². The molecule has 1 rings (SSSR count). The van der Waals surface area contributed by atoms with E-state index in [1.807, 2.05) is 26.8 Å². The molecule has 0 aromatic heterocycles. The number of hydrogen-bond donors (Lipinski definition) is 1. The fourth-order valence-electron chi connectivity index (χ4n) is 1.63. The highest BCUT2D eigenvalue weighted by molar-refractivity contribution is 5.91. The van der Waals surface area contributed by atoms with Crippen molar-refractivity contribution in [3.63, 3.8) is 0 Å². The molecule has 0 heterocycles. The highest BCUT2D eigenvalue weighted by atomic mass is 16.5. The lowest BCUT2D eigenvalue weighted by Gasteiger charge is -2.14. The van der Waals surface area contributed by atoms with Crippen molar-refractivity contribution in [2.45, 2.75) is 26.7 Å². The van der Waals surface area contributed by atoms with Gasteiger partial charge in [0.25, 0.3) is 0 Å². The number of hydrogen-bond acceptors (Lipinski definition) is 3. The van der Waals surface area contributed by atoms with Crippen LogP contribution < -0.4 is 5.73 Å². The van der Waals surface area contributed by atoms with Gasteiger partial charge in [0.05, 0.1) is 12.7 Å². The molecule has 1 atom stereocenters. The lowest BCUT2D eigenvalue weighted by molar-refractivity contribution is 0.0599. The first-order valence-corrected chi connectivity index (χ1v) is 5.40. The SMILES string of the molecule is COC(=O)c1cc(C(C)CN)cc(C)c1C. The average Bonchev–Trinajstić information content (AvgIpc) is 2.30. The fraction of sp³-hybridized carbons (Fsp3) is 0.462. The maximum absolute atomic E-state index is 11.6. The smallest absolute Gasteiger partial charge is 0.338 e. The number of carbonyl (C=O) groups excluding carboxylic acids is 1. The standard InChI is InChI=1S/C13H19NO2/c1-8-5-11(9(2)7-14)6-12(10(8)3)13(15)16-4/h5-6,9H,7,14H2,1-4H3. The van der Waals surface area contributed by atoms with E-state index < -0.39 is 0 Å². The van der Waals surface area contributed by atoms with E-state index in [9.17, 15) is 4.79 Å². The minimum atomic E-state index is -0.285. The predicted molar refractivity (Wildman–Crippen MR) is 64.7 cm³/mol. The second-order valence-electron chi connectivity index (χ2n) is 4.14. The third kappa shape index (κ3) is 2.42. The van der Waals surface area contributed by atoms with Crippen LogP contribution in [0.15, 0.2) is 12.1 Å². The molecule has 0 saturated heterocycles. The maximum Gasteiger partial charge on any atom is 0.338 e. The van der Waals surface area contributed by atoms with Crippen molar-refractivity contribution in [3.8, 4) is 0 Å². The van der Waals surface area contributed by atoms with Gasteiger partial charge in [0.15, 0.2) is 0 Å². The molecule has 0 fully saturated rings. The first-order valence-electron chi connectivity index (χ1n) is 5.40. The highest BCUT2D eigenvalue weighted by Crippen LogP contribution is 2.22. The maximum atomic E-state index is 11.6. The zero-order valence-corrected chi connectivity index (χ0v) is 10.3. The molecule has 3 nitrogen and oxygen atoms in total. The molecule has 88 valence electrons. The monoisotopic (exact) mass is 221 g/mol. The second-order valence-corrected chi connectivity index (χ2v) is 4.14. The number of esters is 1. The predicted octanol–water partition coefficient (Wildman–Crippen LogP) is 2.15. The number of rotatable bonds is 3.